The highest BCUT2D eigenvalue weighted by Gasteiger charge is 2.13. The van der Waals surface area contributed by atoms with Crippen LogP contribution in [0.2, 0.25) is 0 Å². The van der Waals surface area contributed by atoms with Crippen molar-refractivity contribution in [3.63, 3.8) is 0 Å². The van der Waals surface area contributed by atoms with Crippen molar-refractivity contribution in [1.29, 1.82) is 0 Å². The molecule has 0 aliphatic carbocycles. The second kappa shape index (κ2) is 5.92. The first-order valence-electron chi connectivity index (χ1n) is 7.28. The van der Waals surface area contributed by atoms with Crippen LogP contribution < -0.4 is 10.1 Å². The molecule has 2 N–H and O–H groups in total. The number of aromatic nitrogens is 1. The van der Waals surface area contributed by atoms with E-state index in [1.54, 1.807) is 7.11 Å². The lowest BCUT2D eigenvalue weighted by molar-refractivity contribution is 0.406. The molecule has 0 amide bonds. The van der Waals surface area contributed by atoms with Crippen molar-refractivity contribution in [2.75, 3.05) is 12.4 Å². The molecule has 0 saturated heterocycles. The van der Waals surface area contributed by atoms with Crippen LogP contribution in [0.4, 0.5) is 5.69 Å². The minimum absolute atomic E-state index is 0.234. The maximum Gasteiger partial charge on any atom is 0.124 e. The summed E-state index contributed by atoms with van der Waals surface area (Å²) in [6, 6.07) is 16.9. The maximum atomic E-state index is 5.48. The van der Waals surface area contributed by atoms with Crippen molar-refractivity contribution < 1.29 is 4.74 Å². The first kappa shape index (κ1) is 13.6. The summed E-state index contributed by atoms with van der Waals surface area (Å²) in [4.78, 5) is 3.22. The first-order chi connectivity index (χ1) is 10.3. The van der Waals surface area contributed by atoms with Crippen molar-refractivity contribution in [2.24, 2.45) is 0 Å². The summed E-state index contributed by atoms with van der Waals surface area (Å²) in [5.41, 5.74) is 3.47. The van der Waals surface area contributed by atoms with E-state index in [1.165, 1.54) is 10.9 Å². The number of hydrogen-bond acceptors (Lipinski definition) is 2. The molecular formula is C18H20N2O. The Bertz CT molecular complexity index is 733. The highest BCUT2D eigenvalue weighted by molar-refractivity contribution is 5.83. The fourth-order valence-corrected chi connectivity index (χ4v) is 2.70. The van der Waals surface area contributed by atoms with E-state index in [9.17, 15) is 0 Å². The van der Waals surface area contributed by atoms with Crippen molar-refractivity contribution in [1.82, 2.24) is 4.98 Å². The van der Waals surface area contributed by atoms with Crippen LogP contribution in [0.3, 0.4) is 0 Å². The number of aromatic amines is 1. The Morgan fingerprint density at radius 2 is 2.00 bits per heavy atom. The largest absolute Gasteiger partial charge is 0.496 e. The topological polar surface area (TPSA) is 37.0 Å². The molecule has 0 saturated carbocycles. The van der Waals surface area contributed by atoms with Gasteiger partial charge in [-0.15, -0.1) is 0 Å². The quantitative estimate of drug-likeness (QED) is 0.708. The van der Waals surface area contributed by atoms with Crippen molar-refractivity contribution in [3.05, 3.63) is 60.3 Å². The molecule has 0 aliphatic rings. The molecule has 1 heterocycles. The van der Waals surface area contributed by atoms with Gasteiger partial charge in [0.1, 0.15) is 5.75 Å². The van der Waals surface area contributed by atoms with Crippen LogP contribution in [0.15, 0.2) is 54.7 Å². The van der Waals surface area contributed by atoms with Gasteiger partial charge in [0.05, 0.1) is 13.2 Å². The van der Waals surface area contributed by atoms with Gasteiger partial charge in [-0.1, -0.05) is 25.1 Å². The molecular weight excluding hydrogens is 260 g/mol. The molecule has 0 spiro atoms. The van der Waals surface area contributed by atoms with Gasteiger partial charge < -0.3 is 15.0 Å². The zero-order valence-electron chi connectivity index (χ0n) is 12.4. The highest BCUT2D eigenvalue weighted by atomic mass is 16.5. The van der Waals surface area contributed by atoms with Crippen LogP contribution in [0.1, 0.15) is 24.9 Å². The predicted molar refractivity (Wildman–Crippen MR) is 87.9 cm³/mol. The third-order valence-electron chi connectivity index (χ3n) is 3.82. The molecule has 3 aromatic rings. The van der Waals surface area contributed by atoms with Gasteiger partial charge >= 0.3 is 0 Å². The van der Waals surface area contributed by atoms with Crippen LogP contribution >= 0.6 is 0 Å². The standard InChI is InChI=1S/C18H20N2O/c1-3-16(15-6-4-5-7-18(15)21-2)20-14-8-9-17-13(12-14)10-11-19-17/h4-12,16,19-20H,3H2,1-2H3. The average Bonchev–Trinajstić information content (AvgIpc) is 3.00. The van der Waals surface area contributed by atoms with Gasteiger partial charge in [0.15, 0.2) is 0 Å². The van der Waals surface area contributed by atoms with E-state index in [0.29, 0.717) is 0 Å². The number of ether oxygens (including phenoxy) is 1. The number of H-pyrrole nitrogens is 1. The molecule has 0 radical (unpaired) electrons. The summed E-state index contributed by atoms with van der Waals surface area (Å²) in [5.74, 6) is 0.930. The summed E-state index contributed by atoms with van der Waals surface area (Å²) >= 11 is 0. The summed E-state index contributed by atoms with van der Waals surface area (Å²) in [6.07, 6.45) is 2.96. The van der Waals surface area contributed by atoms with Crippen LogP contribution in [0, 0.1) is 0 Å². The van der Waals surface area contributed by atoms with Crippen LogP contribution in [0.5, 0.6) is 5.75 Å². The maximum absolute atomic E-state index is 5.48. The van der Waals surface area contributed by atoms with Crippen molar-refractivity contribution in [3.8, 4) is 5.75 Å². The van der Waals surface area contributed by atoms with Gasteiger partial charge in [0, 0.05) is 28.4 Å². The molecule has 1 unspecified atom stereocenters. The van der Waals surface area contributed by atoms with Crippen LogP contribution in [-0.4, -0.2) is 12.1 Å². The molecule has 3 heteroatoms. The minimum atomic E-state index is 0.234. The normalized spacial score (nSPS) is 12.3. The number of para-hydroxylation sites is 1. The minimum Gasteiger partial charge on any atom is -0.496 e. The molecule has 0 aliphatic heterocycles. The van der Waals surface area contributed by atoms with Crippen molar-refractivity contribution in [2.45, 2.75) is 19.4 Å². The number of rotatable bonds is 5. The van der Waals surface area contributed by atoms with Gasteiger partial charge in [-0.3, -0.25) is 0 Å². The van der Waals surface area contributed by atoms with Crippen LogP contribution in [-0.2, 0) is 0 Å². The second-order valence-corrected chi connectivity index (χ2v) is 5.13. The zero-order chi connectivity index (χ0) is 14.7. The fourth-order valence-electron chi connectivity index (χ4n) is 2.70. The first-order valence-corrected chi connectivity index (χ1v) is 7.28. The highest BCUT2D eigenvalue weighted by Crippen LogP contribution is 2.30. The SMILES string of the molecule is CCC(Nc1ccc2[nH]ccc2c1)c1ccccc1OC. The Hall–Kier alpha value is -2.42. The molecule has 2 aromatic carbocycles. The lowest BCUT2D eigenvalue weighted by Gasteiger charge is -2.21. The Kier molecular flexibility index (Phi) is 3.82. The molecule has 1 aromatic heterocycles. The Balaban J connectivity index is 1.89. The predicted octanol–water partition coefficient (Wildman–Crippen LogP) is 4.74. The third-order valence-corrected chi connectivity index (χ3v) is 3.82. The lowest BCUT2D eigenvalue weighted by atomic mass is 10.0. The number of fused-ring (bicyclic) bond motifs is 1. The van der Waals surface area contributed by atoms with E-state index in [4.69, 9.17) is 4.74 Å². The van der Waals surface area contributed by atoms with E-state index in [-0.39, 0.29) is 6.04 Å². The van der Waals surface area contributed by atoms with Crippen LogP contribution in [0.25, 0.3) is 10.9 Å². The van der Waals surface area contributed by atoms with Gasteiger partial charge in [0.25, 0.3) is 0 Å². The van der Waals surface area contributed by atoms with E-state index in [0.717, 1.165) is 23.4 Å². The van der Waals surface area contributed by atoms with Gasteiger partial charge in [-0.05, 0) is 36.8 Å². The van der Waals surface area contributed by atoms with Crippen molar-refractivity contribution >= 4 is 16.6 Å². The monoisotopic (exact) mass is 280 g/mol. The lowest BCUT2D eigenvalue weighted by Crippen LogP contribution is -2.10. The number of benzene rings is 2. The van der Waals surface area contributed by atoms with E-state index in [1.807, 2.05) is 18.3 Å². The molecule has 21 heavy (non-hydrogen) atoms. The van der Waals surface area contributed by atoms with Gasteiger partial charge in [-0.2, -0.15) is 0 Å². The summed E-state index contributed by atoms with van der Waals surface area (Å²) in [6.45, 7) is 2.18. The molecule has 3 nitrogen and oxygen atoms in total. The van der Waals surface area contributed by atoms with Gasteiger partial charge in [0.2, 0.25) is 0 Å². The number of hydrogen-bond donors (Lipinski definition) is 2. The van der Waals surface area contributed by atoms with E-state index in [2.05, 4.69) is 53.6 Å². The average molecular weight is 280 g/mol. The fraction of sp³-hybridized carbons (Fsp3) is 0.222. The zero-order valence-corrected chi connectivity index (χ0v) is 12.4. The Labute approximate surface area is 125 Å². The van der Waals surface area contributed by atoms with E-state index < -0.39 is 0 Å². The summed E-state index contributed by atoms with van der Waals surface area (Å²) in [5, 5.41) is 4.83. The molecule has 0 bridgehead atoms. The van der Waals surface area contributed by atoms with Gasteiger partial charge in [-0.25, -0.2) is 0 Å². The molecule has 1 atom stereocenters. The molecule has 0 fully saturated rings. The number of nitrogens with one attached hydrogen (secondary N) is 2. The third kappa shape index (κ3) is 2.72. The Morgan fingerprint density at radius 3 is 2.81 bits per heavy atom. The Morgan fingerprint density at radius 1 is 1.14 bits per heavy atom. The summed E-state index contributed by atoms with van der Waals surface area (Å²) < 4.78 is 5.48. The molecule has 108 valence electrons. The number of methoxy groups -OCH3 is 1. The molecule has 3 rings (SSSR count). The summed E-state index contributed by atoms with van der Waals surface area (Å²) in [7, 11) is 1.72. The number of anilines is 1. The second-order valence-electron chi connectivity index (χ2n) is 5.13. The smallest absolute Gasteiger partial charge is 0.124 e. The van der Waals surface area contributed by atoms with E-state index >= 15 is 0 Å².